The van der Waals surface area contributed by atoms with Gasteiger partial charge < -0.3 is 14.8 Å². The smallest absolute Gasteiger partial charge is 0.269 e. The summed E-state index contributed by atoms with van der Waals surface area (Å²) in [6.07, 6.45) is 1.53. The van der Waals surface area contributed by atoms with Crippen LogP contribution in [0.1, 0.15) is 11.1 Å². The molecule has 0 saturated carbocycles. The fraction of sp³-hybridized carbons (Fsp3) is 0.0833. The summed E-state index contributed by atoms with van der Waals surface area (Å²) in [5.41, 5.74) is 1.15. The third-order valence-corrected chi connectivity index (χ3v) is 4.85. The number of hydrogen-bond donors (Lipinski definition) is 1. The Labute approximate surface area is 198 Å². The van der Waals surface area contributed by atoms with Crippen molar-refractivity contribution in [2.75, 3.05) is 19.0 Å². The summed E-state index contributed by atoms with van der Waals surface area (Å²) in [5, 5.41) is 22.9. The van der Waals surface area contributed by atoms with Crippen LogP contribution < -0.4 is 14.8 Å². The first kappa shape index (κ1) is 24.2. The molecule has 0 aliphatic carbocycles. The summed E-state index contributed by atoms with van der Waals surface area (Å²) in [4.78, 5) is 22.4. The highest BCUT2D eigenvalue weighted by Crippen LogP contribution is 2.37. The number of nitro groups is 1. The second kappa shape index (κ2) is 10.9. The van der Waals surface area contributed by atoms with Crippen LogP contribution in [0.2, 0.25) is 5.02 Å². The number of carbonyl (C=O) groups excluding carboxylic acids is 1. The first-order valence-electron chi connectivity index (χ1n) is 9.73. The maximum absolute atomic E-state index is 13.7. The highest BCUT2D eigenvalue weighted by Gasteiger charge is 2.15. The maximum Gasteiger partial charge on any atom is 0.269 e. The molecule has 3 aromatic rings. The van der Waals surface area contributed by atoms with Gasteiger partial charge in [0, 0.05) is 12.1 Å². The number of nitrogens with one attached hydrogen (secondary N) is 1. The van der Waals surface area contributed by atoms with Crippen molar-refractivity contribution >= 4 is 40.5 Å². The number of ether oxygens (including phenoxy) is 2. The molecule has 0 radical (unpaired) electrons. The van der Waals surface area contributed by atoms with E-state index in [9.17, 15) is 24.6 Å². The van der Waals surface area contributed by atoms with Gasteiger partial charge in [0.15, 0.2) is 18.1 Å². The van der Waals surface area contributed by atoms with Gasteiger partial charge in [-0.1, -0.05) is 23.7 Å². The number of nitrogens with zero attached hydrogens (tertiary/aromatic N) is 2. The lowest BCUT2D eigenvalue weighted by atomic mass is 10.0. The van der Waals surface area contributed by atoms with E-state index in [1.807, 2.05) is 6.07 Å². The number of hydrogen-bond acceptors (Lipinski definition) is 6. The monoisotopic (exact) mass is 481 g/mol. The molecule has 0 fully saturated rings. The minimum absolute atomic E-state index is 0.0184. The van der Waals surface area contributed by atoms with Gasteiger partial charge >= 0.3 is 0 Å². The first-order chi connectivity index (χ1) is 16.3. The average Bonchev–Trinajstić information content (AvgIpc) is 2.83. The summed E-state index contributed by atoms with van der Waals surface area (Å²) in [5.74, 6) is -0.877. The van der Waals surface area contributed by atoms with E-state index in [4.69, 9.17) is 21.1 Å². The molecule has 8 nitrogen and oxygen atoms in total. The van der Waals surface area contributed by atoms with Gasteiger partial charge in [0.25, 0.3) is 11.6 Å². The molecular weight excluding hydrogens is 465 g/mol. The molecule has 1 amide bonds. The third kappa shape index (κ3) is 5.88. The molecule has 3 rings (SSSR count). The molecule has 1 N–H and O–H groups in total. The standard InChI is InChI=1S/C24H17ClFN3O5/c1-33-22-12-15(10-17(13-27)16-6-8-18(9-7-16)29(31)32)11-19(25)24(22)34-14-23(30)28-21-5-3-2-4-20(21)26/h2-12H,14H2,1H3,(H,28,30)/b17-10+. The van der Waals surface area contributed by atoms with Crippen LogP contribution in [-0.4, -0.2) is 24.5 Å². The van der Waals surface area contributed by atoms with Crippen LogP contribution >= 0.6 is 11.6 Å². The van der Waals surface area contributed by atoms with E-state index in [0.29, 0.717) is 11.1 Å². The number of rotatable bonds is 8. The Hall–Kier alpha value is -4.42. The van der Waals surface area contributed by atoms with Crippen LogP contribution in [0, 0.1) is 27.3 Å². The Morgan fingerprint density at radius 3 is 2.56 bits per heavy atom. The number of carbonyl (C=O) groups is 1. The lowest BCUT2D eigenvalue weighted by molar-refractivity contribution is -0.384. The zero-order valence-corrected chi connectivity index (χ0v) is 18.5. The fourth-order valence-electron chi connectivity index (χ4n) is 2.96. The van der Waals surface area contributed by atoms with Gasteiger partial charge in [-0.2, -0.15) is 5.26 Å². The van der Waals surface area contributed by atoms with E-state index in [-0.39, 0.29) is 33.5 Å². The summed E-state index contributed by atoms with van der Waals surface area (Å²) in [6.45, 7) is -0.453. The minimum atomic E-state index is -0.600. The zero-order valence-electron chi connectivity index (χ0n) is 17.7. The lowest BCUT2D eigenvalue weighted by Gasteiger charge is -2.14. The summed E-state index contributed by atoms with van der Waals surface area (Å²) in [6, 6.07) is 16.4. The number of non-ortho nitro benzene ring substituents is 1. The van der Waals surface area contributed by atoms with Crippen LogP contribution in [0.4, 0.5) is 15.8 Å². The van der Waals surface area contributed by atoms with Gasteiger partial charge in [0.1, 0.15) is 5.82 Å². The topological polar surface area (TPSA) is 114 Å². The second-order valence-electron chi connectivity index (χ2n) is 6.82. The van der Waals surface area contributed by atoms with Crippen LogP contribution in [0.5, 0.6) is 11.5 Å². The van der Waals surface area contributed by atoms with Crippen LogP contribution in [0.25, 0.3) is 11.6 Å². The molecule has 0 heterocycles. The molecule has 0 aliphatic heterocycles. The highest BCUT2D eigenvalue weighted by atomic mass is 35.5. The first-order valence-corrected chi connectivity index (χ1v) is 10.1. The Balaban J connectivity index is 1.79. The van der Waals surface area contributed by atoms with Crippen LogP contribution in [0.15, 0.2) is 60.7 Å². The number of methoxy groups -OCH3 is 1. The zero-order chi connectivity index (χ0) is 24.7. The molecule has 0 atom stereocenters. The summed E-state index contributed by atoms with van der Waals surface area (Å²) < 4.78 is 24.5. The number of amides is 1. The van der Waals surface area contributed by atoms with Crippen molar-refractivity contribution in [2.24, 2.45) is 0 Å². The number of benzene rings is 3. The molecule has 0 spiro atoms. The van der Waals surface area contributed by atoms with Gasteiger partial charge in [-0.3, -0.25) is 14.9 Å². The van der Waals surface area contributed by atoms with Gasteiger partial charge in [0.05, 0.1) is 34.4 Å². The number of nitriles is 1. The van der Waals surface area contributed by atoms with Crippen molar-refractivity contribution in [3.63, 3.8) is 0 Å². The van der Waals surface area contributed by atoms with Crippen molar-refractivity contribution < 1.29 is 23.6 Å². The quantitative estimate of drug-likeness (QED) is 0.197. The van der Waals surface area contributed by atoms with E-state index in [1.54, 1.807) is 12.1 Å². The normalized spacial score (nSPS) is 10.8. The Bertz CT molecular complexity index is 1300. The SMILES string of the molecule is COc1cc(/C=C(\C#N)c2ccc([N+](=O)[O-])cc2)cc(Cl)c1OCC(=O)Nc1ccccc1F. The van der Waals surface area contributed by atoms with Crippen LogP contribution in [-0.2, 0) is 4.79 Å². The summed E-state index contributed by atoms with van der Waals surface area (Å²) in [7, 11) is 1.38. The molecular formula is C24H17ClFN3O5. The van der Waals surface area contributed by atoms with Gasteiger partial charge in [-0.25, -0.2) is 4.39 Å². The van der Waals surface area contributed by atoms with E-state index in [0.717, 1.165) is 0 Å². The molecule has 0 unspecified atom stereocenters. The predicted molar refractivity (Wildman–Crippen MR) is 125 cm³/mol. The van der Waals surface area contributed by atoms with Crippen LogP contribution in [0.3, 0.4) is 0 Å². The number of anilines is 1. The van der Waals surface area contributed by atoms with E-state index in [1.165, 1.54) is 61.7 Å². The molecule has 0 bridgehead atoms. The van der Waals surface area contributed by atoms with Gasteiger partial charge in [-0.15, -0.1) is 0 Å². The Morgan fingerprint density at radius 1 is 1.24 bits per heavy atom. The Morgan fingerprint density at radius 2 is 1.94 bits per heavy atom. The average molecular weight is 482 g/mol. The lowest BCUT2D eigenvalue weighted by Crippen LogP contribution is -2.21. The van der Waals surface area contributed by atoms with Crippen molar-refractivity contribution in [1.82, 2.24) is 0 Å². The number of nitro benzene ring substituents is 1. The number of para-hydroxylation sites is 1. The molecule has 172 valence electrons. The molecule has 3 aromatic carbocycles. The minimum Gasteiger partial charge on any atom is -0.493 e. The van der Waals surface area contributed by atoms with E-state index in [2.05, 4.69) is 5.32 Å². The van der Waals surface area contributed by atoms with E-state index < -0.39 is 23.3 Å². The van der Waals surface area contributed by atoms with Gasteiger partial charge in [0.2, 0.25) is 0 Å². The number of halogens is 2. The van der Waals surface area contributed by atoms with Crippen molar-refractivity contribution in [3.8, 4) is 17.6 Å². The molecule has 0 saturated heterocycles. The van der Waals surface area contributed by atoms with Gasteiger partial charge in [-0.05, 0) is 53.6 Å². The van der Waals surface area contributed by atoms with Crippen molar-refractivity contribution in [1.29, 1.82) is 5.26 Å². The van der Waals surface area contributed by atoms with Crippen molar-refractivity contribution in [3.05, 3.63) is 92.7 Å². The second-order valence-corrected chi connectivity index (χ2v) is 7.23. The van der Waals surface area contributed by atoms with Crippen molar-refractivity contribution in [2.45, 2.75) is 0 Å². The largest absolute Gasteiger partial charge is 0.493 e. The molecule has 10 heteroatoms. The third-order valence-electron chi connectivity index (χ3n) is 4.57. The Kier molecular flexibility index (Phi) is 7.79. The fourth-order valence-corrected chi connectivity index (χ4v) is 3.23. The number of allylic oxidation sites excluding steroid dienone is 1. The van der Waals surface area contributed by atoms with E-state index >= 15 is 0 Å². The summed E-state index contributed by atoms with van der Waals surface area (Å²) >= 11 is 6.33. The molecule has 0 aromatic heterocycles. The molecule has 0 aliphatic rings. The highest BCUT2D eigenvalue weighted by molar-refractivity contribution is 6.32. The molecule has 34 heavy (non-hydrogen) atoms. The predicted octanol–water partition coefficient (Wildman–Crippen LogP) is 5.48. The maximum atomic E-state index is 13.7.